The number of hydrogen-bond donors (Lipinski definition) is 1. The zero-order valence-electron chi connectivity index (χ0n) is 15.6. The number of rotatable bonds is 7. The van der Waals surface area contributed by atoms with Crippen molar-refractivity contribution < 1.29 is 27.4 Å². The molecule has 1 heterocycles. The van der Waals surface area contributed by atoms with E-state index in [0.717, 1.165) is 4.90 Å². The minimum absolute atomic E-state index is 0.0303. The van der Waals surface area contributed by atoms with Crippen LogP contribution >= 0.6 is 11.8 Å². The van der Waals surface area contributed by atoms with Gasteiger partial charge in [-0.1, -0.05) is 42.5 Å². The predicted octanol–water partition coefficient (Wildman–Crippen LogP) is 2.98. The Balaban J connectivity index is 1.71. The van der Waals surface area contributed by atoms with Crippen molar-refractivity contribution in [2.24, 2.45) is 0 Å². The number of benzene rings is 3. The van der Waals surface area contributed by atoms with Crippen molar-refractivity contribution in [3.05, 3.63) is 77.4 Å². The average Bonchev–Trinajstić information content (AvgIpc) is 2.73. The first kappa shape index (κ1) is 20.5. The fraction of sp³-hybridized carbons (Fsp3) is 0.143. The number of hydroxylamine groups is 2. The van der Waals surface area contributed by atoms with E-state index in [0.29, 0.717) is 27.2 Å². The summed E-state index contributed by atoms with van der Waals surface area (Å²) in [6.07, 6.45) is 0. The van der Waals surface area contributed by atoms with E-state index in [1.54, 1.807) is 48.5 Å². The van der Waals surface area contributed by atoms with Crippen LogP contribution in [0.1, 0.15) is 26.3 Å². The summed E-state index contributed by atoms with van der Waals surface area (Å²) < 4.78 is 30.0. The highest BCUT2D eigenvalue weighted by atomic mass is 32.2. The number of thioether (sulfide) groups is 1. The molecule has 3 aromatic carbocycles. The molecule has 0 unspecified atom stereocenters. The van der Waals surface area contributed by atoms with Crippen LogP contribution in [0.3, 0.4) is 0 Å². The number of imide groups is 1. The third kappa shape index (κ3) is 3.97. The highest BCUT2D eigenvalue weighted by Gasteiger charge is 2.37. The van der Waals surface area contributed by atoms with Crippen molar-refractivity contribution in [3.63, 3.8) is 0 Å². The first-order valence-corrected chi connectivity index (χ1v) is 11.6. The van der Waals surface area contributed by atoms with E-state index in [-0.39, 0.29) is 17.7 Å². The molecule has 1 aliphatic heterocycles. The van der Waals surface area contributed by atoms with Crippen LogP contribution in [0.5, 0.6) is 0 Å². The summed E-state index contributed by atoms with van der Waals surface area (Å²) in [4.78, 5) is 26.6. The van der Waals surface area contributed by atoms with Gasteiger partial charge in [0.1, 0.15) is 5.75 Å². The van der Waals surface area contributed by atoms with Gasteiger partial charge in [0.25, 0.3) is 21.9 Å². The minimum atomic E-state index is -4.25. The first-order valence-electron chi connectivity index (χ1n) is 9.05. The summed E-state index contributed by atoms with van der Waals surface area (Å²) >= 11 is 1.35. The molecule has 0 radical (unpaired) electrons. The normalized spacial score (nSPS) is 13.8. The van der Waals surface area contributed by atoms with E-state index in [2.05, 4.69) is 0 Å². The predicted molar refractivity (Wildman–Crippen MR) is 112 cm³/mol. The van der Waals surface area contributed by atoms with Crippen LogP contribution in [0, 0.1) is 0 Å². The van der Waals surface area contributed by atoms with Gasteiger partial charge >= 0.3 is 0 Å². The Bertz CT molecular complexity index is 1240. The van der Waals surface area contributed by atoms with Gasteiger partial charge in [-0.05, 0) is 29.1 Å². The minimum Gasteiger partial charge on any atom is -0.396 e. The van der Waals surface area contributed by atoms with Crippen molar-refractivity contribution in [1.29, 1.82) is 0 Å². The largest absolute Gasteiger partial charge is 0.396 e. The van der Waals surface area contributed by atoms with Gasteiger partial charge < -0.3 is 5.11 Å². The second-order valence-electron chi connectivity index (χ2n) is 6.61. The van der Waals surface area contributed by atoms with Crippen molar-refractivity contribution in [2.75, 3.05) is 12.4 Å². The van der Waals surface area contributed by atoms with E-state index in [1.807, 2.05) is 6.07 Å². The maximum Gasteiger partial charge on any atom is 0.292 e. The summed E-state index contributed by atoms with van der Waals surface area (Å²) in [5.41, 5.74) is 0.841. The van der Waals surface area contributed by atoms with Crippen molar-refractivity contribution in [1.82, 2.24) is 5.06 Å². The number of hydrogen-bond acceptors (Lipinski definition) is 7. The Morgan fingerprint density at radius 3 is 2.40 bits per heavy atom. The van der Waals surface area contributed by atoms with Gasteiger partial charge in [0.15, 0.2) is 0 Å². The molecular weight excluding hydrogens is 426 g/mol. The van der Waals surface area contributed by atoms with Crippen LogP contribution in [0.25, 0.3) is 10.8 Å². The molecule has 0 aliphatic carbocycles. The number of carbonyl (C=O) groups excluding carboxylic acids is 2. The summed E-state index contributed by atoms with van der Waals surface area (Å²) in [5, 5.41) is 10.5. The lowest BCUT2D eigenvalue weighted by atomic mass is 9.95. The van der Waals surface area contributed by atoms with Crippen LogP contribution in [0.15, 0.2) is 65.6 Å². The van der Waals surface area contributed by atoms with E-state index < -0.39 is 27.7 Å². The standard InChI is InChI=1S/C21H17NO6S2/c23-9-10-29-16-11-15-7-4-8-17-19(15)18(12-16)21(25)22(20(17)24)28-30(26,27)13-14-5-2-1-3-6-14/h1-8,11-12,23H,9-10,13H2. The molecule has 0 saturated heterocycles. The number of aliphatic hydroxyl groups excluding tert-OH is 1. The van der Waals surface area contributed by atoms with Gasteiger partial charge in [-0.2, -0.15) is 8.42 Å². The Labute approximate surface area is 177 Å². The maximum absolute atomic E-state index is 13.0. The number of carbonyl (C=O) groups is 2. The highest BCUT2D eigenvalue weighted by molar-refractivity contribution is 7.99. The molecule has 3 aromatic rings. The molecule has 0 spiro atoms. The number of amides is 2. The van der Waals surface area contributed by atoms with Crippen molar-refractivity contribution in [2.45, 2.75) is 10.6 Å². The summed E-state index contributed by atoms with van der Waals surface area (Å²) in [5.74, 6) is -1.71. The smallest absolute Gasteiger partial charge is 0.292 e. The molecule has 7 nitrogen and oxygen atoms in total. The van der Waals surface area contributed by atoms with Crippen LogP contribution < -0.4 is 0 Å². The SMILES string of the molecule is O=C1c2cccc3cc(SCCO)cc(c23)C(=O)N1OS(=O)(=O)Cc1ccccc1. The molecule has 154 valence electrons. The summed E-state index contributed by atoms with van der Waals surface area (Å²) in [6.45, 7) is -0.0303. The van der Waals surface area contributed by atoms with Gasteiger partial charge in [-0.3, -0.25) is 9.59 Å². The Kier molecular flexibility index (Phi) is 5.61. The fourth-order valence-corrected chi connectivity index (χ4v) is 5.05. The summed E-state index contributed by atoms with van der Waals surface area (Å²) in [7, 11) is -4.25. The summed E-state index contributed by atoms with van der Waals surface area (Å²) in [6, 6.07) is 16.7. The molecule has 30 heavy (non-hydrogen) atoms. The van der Waals surface area contributed by atoms with Gasteiger partial charge in [0.2, 0.25) is 0 Å². The molecular formula is C21H17NO6S2. The first-order chi connectivity index (χ1) is 14.4. The quantitative estimate of drug-likeness (QED) is 0.442. The van der Waals surface area contributed by atoms with Gasteiger partial charge in [0, 0.05) is 16.0 Å². The third-order valence-electron chi connectivity index (χ3n) is 4.51. The molecule has 4 rings (SSSR count). The Morgan fingerprint density at radius 2 is 1.67 bits per heavy atom. The van der Waals surface area contributed by atoms with Crippen LogP contribution in [-0.4, -0.2) is 42.8 Å². The monoisotopic (exact) mass is 443 g/mol. The fourth-order valence-electron chi connectivity index (χ4n) is 3.29. The maximum atomic E-state index is 13.0. The van der Waals surface area contributed by atoms with Crippen molar-refractivity contribution >= 4 is 44.5 Å². The van der Waals surface area contributed by atoms with Crippen LogP contribution in [0.2, 0.25) is 0 Å². The van der Waals surface area contributed by atoms with Gasteiger partial charge in [0.05, 0.1) is 17.7 Å². The lowest BCUT2D eigenvalue weighted by Gasteiger charge is -2.25. The lowest BCUT2D eigenvalue weighted by molar-refractivity contribution is -0.0156. The van der Waals surface area contributed by atoms with Crippen LogP contribution in [0.4, 0.5) is 0 Å². The molecule has 0 bridgehead atoms. The van der Waals surface area contributed by atoms with Crippen LogP contribution in [-0.2, 0) is 20.2 Å². The topological polar surface area (TPSA) is 101 Å². The van der Waals surface area contributed by atoms with E-state index >= 15 is 0 Å². The molecule has 0 fully saturated rings. The molecule has 1 N–H and O–H groups in total. The Morgan fingerprint density at radius 1 is 0.933 bits per heavy atom. The van der Waals surface area contributed by atoms with Crippen molar-refractivity contribution in [3.8, 4) is 0 Å². The number of nitrogens with zero attached hydrogens (tertiary/aromatic N) is 1. The average molecular weight is 444 g/mol. The van der Waals surface area contributed by atoms with E-state index in [4.69, 9.17) is 9.39 Å². The Hall–Kier alpha value is -2.72. The molecule has 2 amide bonds. The second kappa shape index (κ2) is 8.19. The molecule has 9 heteroatoms. The third-order valence-corrected chi connectivity index (χ3v) is 6.53. The molecule has 0 aromatic heterocycles. The second-order valence-corrected chi connectivity index (χ2v) is 9.33. The van der Waals surface area contributed by atoms with Gasteiger partial charge in [-0.25, -0.2) is 0 Å². The zero-order chi connectivity index (χ0) is 21.3. The van der Waals surface area contributed by atoms with E-state index in [1.165, 1.54) is 17.8 Å². The lowest BCUT2D eigenvalue weighted by Crippen LogP contribution is -2.42. The molecule has 1 aliphatic rings. The number of aliphatic hydroxyl groups is 1. The molecule has 0 saturated carbocycles. The highest BCUT2D eigenvalue weighted by Crippen LogP contribution is 2.34. The zero-order valence-corrected chi connectivity index (χ0v) is 17.3. The molecule has 0 atom stereocenters. The van der Waals surface area contributed by atoms with E-state index in [9.17, 15) is 18.0 Å². The van der Waals surface area contributed by atoms with Gasteiger partial charge in [-0.15, -0.1) is 21.1 Å².